The first-order valence-electron chi connectivity index (χ1n) is 9.21. The van der Waals surface area contributed by atoms with E-state index in [-0.39, 0.29) is 17.5 Å². The highest BCUT2D eigenvalue weighted by Crippen LogP contribution is 2.41. The van der Waals surface area contributed by atoms with Crippen molar-refractivity contribution in [2.75, 3.05) is 6.61 Å². The van der Waals surface area contributed by atoms with Gasteiger partial charge in [-0.1, -0.05) is 37.5 Å². The Hall–Kier alpha value is -1.85. The van der Waals surface area contributed by atoms with E-state index in [1.165, 1.54) is 0 Å². The number of rotatable bonds is 7. The van der Waals surface area contributed by atoms with Crippen molar-refractivity contribution < 1.29 is 19.6 Å². The third-order valence-electron chi connectivity index (χ3n) is 4.95. The highest BCUT2D eigenvalue weighted by Gasteiger charge is 2.46. The van der Waals surface area contributed by atoms with E-state index in [0.29, 0.717) is 49.5 Å². The number of carbonyl (C=O) groups is 1. The number of hydrogen-bond acceptors (Lipinski definition) is 6. The fourth-order valence-corrected chi connectivity index (χ4v) is 3.36. The molecule has 0 aromatic rings. The molecule has 2 aliphatic rings. The molecule has 0 spiro atoms. The maximum atomic E-state index is 12.8. The Balaban J connectivity index is 2.21. The molecule has 1 N–H and O–H groups in total. The van der Waals surface area contributed by atoms with Gasteiger partial charge >= 0.3 is 0 Å². The zero-order valence-electron chi connectivity index (χ0n) is 16.0. The van der Waals surface area contributed by atoms with E-state index < -0.39 is 5.60 Å². The molecular weight excluding hydrogens is 320 g/mol. The molecule has 6 heteroatoms. The predicted octanol–water partition coefficient (Wildman–Crippen LogP) is 4.16. The van der Waals surface area contributed by atoms with Gasteiger partial charge in [0, 0.05) is 25.2 Å². The molecule has 2 unspecified atom stereocenters. The van der Waals surface area contributed by atoms with Crippen LogP contribution in [0, 0.1) is 11.8 Å². The van der Waals surface area contributed by atoms with Crippen molar-refractivity contribution in [3.05, 3.63) is 11.3 Å². The van der Waals surface area contributed by atoms with Crippen LogP contribution < -0.4 is 0 Å². The van der Waals surface area contributed by atoms with E-state index in [0.717, 1.165) is 12.1 Å². The Morgan fingerprint density at radius 3 is 2.68 bits per heavy atom. The van der Waals surface area contributed by atoms with Crippen LogP contribution in [0.25, 0.3) is 0 Å². The van der Waals surface area contributed by atoms with Gasteiger partial charge in [0.15, 0.2) is 5.78 Å². The maximum absolute atomic E-state index is 12.8. The monoisotopic (exact) mass is 350 g/mol. The number of oxime groups is 2. The summed E-state index contributed by atoms with van der Waals surface area (Å²) in [6.45, 7) is 10.4. The van der Waals surface area contributed by atoms with Crippen LogP contribution in [-0.2, 0) is 14.5 Å². The molecule has 0 fully saturated rings. The number of allylic oxidation sites excluding steroid dienone is 2. The second-order valence-corrected chi connectivity index (χ2v) is 7.37. The second kappa shape index (κ2) is 8.02. The topological polar surface area (TPSA) is 80.5 Å². The van der Waals surface area contributed by atoms with Crippen molar-refractivity contribution in [3.8, 4) is 0 Å². The Kier molecular flexibility index (Phi) is 6.25. The minimum Gasteiger partial charge on any atom is -0.511 e. The molecule has 1 aliphatic carbocycles. The van der Waals surface area contributed by atoms with E-state index in [4.69, 9.17) is 9.68 Å². The lowest BCUT2D eigenvalue weighted by Gasteiger charge is -2.34. The van der Waals surface area contributed by atoms with E-state index in [9.17, 15) is 9.90 Å². The number of hydrogen-bond donors (Lipinski definition) is 1. The molecule has 2 atom stereocenters. The third kappa shape index (κ3) is 4.22. The SMILES string of the molecule is CCCC(=NOCC)C1=C(O)CC(C2(C)CC(C(C)C)=NO2)CC1=O. The van der Waals surface area contributed by atoms with Crippen molar-refractivity contribution in [2.24, 2.45) is 22.1 Å². The average molecular weight is 350 g/mol. The van der Waals surface area contributed by atoms with Crippen LogP contribution in [-0.4, -0.2) is 34.5 Å². The van der Waals surface area contributed by atoms with Gasteiger partial charge in [0.05, 0.1) is 17.0 Å². The third-order valence-corrected chi connectivity index (χ3v) is 4.95. The Morgan fingerprint density at radius 2 is 2.16 bits per heavy atom. The summed E-state index contributed by atoms with van der Waals surface area (Å²) in [6.07, 6.45) is 2.84. The molecule has 2 rings (SSSR count). The van der Waals surface area contributed by atoms with Gasteiger partial charge in [-0.15, -0.1) is 0 Å². The Morgan fingerprint density at radius 1 is 1.44 bits per heavy atom. The fourth-order valence-electron chi connectivity index (χ4n) is 3.36. The van der Waals surface area contributed by atoms with Crippen LogP contribution in [0.4, 0.5) is 0 Å². The molecule has 0 aromatic heterocycles. The van der Waals surface area contributed by atoms with Gasteiger partial charge in [0.25, 0.3) is 0 Å². The van der Waals surface area contributed by atoms with E-state index in [1.807, 2.05) is 20.8 Å². The molecule has 140 valence electrons. The lowest BCUT2D eigenvalue weighted by Crippen LogP contribution is -2.40. The molecule has 6 nitrogen and oxygen atoms in total. The smallest absolute Gasteiger partial charge is 0.168 e. The minimum atomic E-state index is -0.545. The lowest BCUT2D eigenvalue weighted by atomic mass is 9.73. The molecule has 0 bridgehead atoms. The van der Waals surface area contributed by atoms with Gasteiger partial charge in [-0.3, -0.25) is 4.79 Å². The second-order valence-electron chi connectivity index (χ2n) is 7.37. The van der Waals surface area contributed by atoms with Gasteiger partial charge < -0.3 is 14.8 Å². The number of aliphatic hydroxyl groups is 1. The molecule has 0 radical (unpaired) electrons. The number of carbonyl (C=O) groups excluding carboxylic acids is 1. The molecule has 0 amide bonds. The van der Waals surface area contributed by atoms with Gasteiger partial charge in [-0.05, 0) is 26.2 Å². The summed E-state index contributed by atoms with van der Waals surface area (Å²) in [5.41, 5.74) is 1.34. The van der Waals surface area contributed by atoms with Crippen LogP contribution in [0.2, 0.25) is 0 Å². The van der Waals surface area contributed by atoms with Gasteiger partial charge in [-0.25, -0.2) is 0 Å². The van der Waals surface area contributed by atoms with Crippen LogP contribution in [0.5, 0.6) is 0 Å². The minimum absolute atomic E-state index is 0.0935. The quantitative estimate of drug-likeness (QED) is 0.552. The number of nitrogens with zero attached hydrogens (tertiary/aromatic N) is 2. The van der Waals surface area contributed by atoms with Gasteiger partial charge in [0.2, 0.25) is 0 Å². The number of aliphatic hydroxyl groups excluding tert-OH is 1. The summed E-state index contributed by atoms with van der Waals surface area (Å²) in [5, 5.41) is 18.8. The average Bonchev–Trinajstić information content (AvgIpc) is 2.96. The summed E-state index contributed by atoms with van der Waals surface area (Å²) < 4.78 is 0. The summed E-state index contributed by atoms with van der Waals surface area (Å²) >= 11 is 0. The highest BCUT2D eigenvalue weighted by atomic mass is 16.7. The highest BCUT2D eigenvalue weighted by molar-refractivity contribution is 6.23. The normalized spacial score (nSPS) is 27.6. The summed E-state index contributed by atoms with van der Waals surface area (Å²) in [7, 11) is 0. The molecular formula is C19H30N2O4. The van der Waals surface area contributed by atoms with Crippen molar-refractivity contribution in [3.63, 3.8) is 0 Å². The zero-order valence-corrected chi connectivity index (χ0v) is 16.0. The van der Waals surface area contributed by atoms with Crippen molar-refractivity contribution in [1.82, 2.24) is 0 Å². The molecule has 25 heavy (non-hydrogen) atoms. The molecule has 1 aliphatic heterocycles. The summed E-state index contributed by atoms with van der Waals surface area (Å²) in [4.78, 5) is 23.6. The number of ketones is 1. The van der Waals surface area contributed by atoms with E-state index in [2.05, 4.69) is 24.2 Å². The molecule has 1 heterocycles. The van der Waals surface area contributed by atoms with Crippen LogP contribution in [0.15, 0.2) is 21.6 Å². The first-order chi connectivity index (χ1) is 11.8. The Bertz CT molecular complexity index is 607. The molecule has 0 saturated heterocycles. The molecule has 0 saturated carbocycles. The summed E-state index contributed by atoms with van der Waals surface area (Å²) in [5.74, 6) is 0.216. The van der Waals surface area contributed by atoms with Crippen LogP contribution in [0.3, 0.4) is 0 Å². The Labute approximate surface area is 149 Å². The first kappa shape index (κ1) is 19.5. The predicted molar refractivity (Wildman–Crippen MR) is 97.7 cm³/mol. The largest absolute Gasteiger partial charge is 0.511 e. The van der Waals surface area contributed by atoms with Crippen LogP contribution in [0.1, 0.15) is 66.7 Å². The van der Waals surface area contributed by atoms with Gasteiger partial charge in [-0.2, -0.15) is 0 Å². The zero-order chi connectivity index (χ0) is 18.6. The van der Waals surface area contributed by atoms with Gasteiger partial charge in [0.1, 0.15) is 18.0 Å². The lowest BCUT2D eigenvalue weighted by molar-refractivity contribution is -0.121. The van der Waals surface area contributed by atoms with E-state index in [1.54, 1.807) is 0 Å². The molecule has 0 aromatic carbocycles. The standard InChI is InChI=1S/C19H30N2O4/c1-6-8-14(20-24-7-2)18-16(22)9-13(10-17(18)23)19(5)11-15(12(3)4)21-25-19/h12-13,22H,6-11H2,1-5H3. The van der Waals surface area contributed by atoms with E-state index >= 15 is 0 Å². The van der Waals surface area contributed by atoms with Crippen molar-refractivity contribution in [1.29, 1.82) is 0 Å². The van der Waals surface area contributed by atoms with Crippen LogP contribution >= 0.6 is 0 Å². The fraction of sp³-hybridized carbons (Fsp3) is 0.737. The first-order valence-corrected chi connectivity index (χ1v) is 9.21. The maximum Gasteiger partial charge on any atom is 0.168 e. The number of Topliss-reactive ketones (excluding diaryl/α,β-unsaturated/α-hetero) is 1. The summed E-state index contributed by atoms with van der Waals surface area (Å²) in [6, 6.07) is 0. The van der Waals surface area contributed by atoms with Crippen molar-refractivity contribution in [2.45, 2.75) is 72.3 Å². The van der Waals surface area contributed by atoms with Crippen molar-refractivity contribution >= 4 is 17.2 Å².